The normalized spacial score (nSPS) is 25.9. The molecule has 0 spiro atoms. The van der Waals surface area contributed by atoms with Gasteiger partial charge in [0.1, 0.15) is 29.3 Å². The third kappa shape index (κ3) is 3.78. The second-order valence-corrected chi connectivity index (χ2v) is 6.92. The Bertz CT molecular complexity index is 656. The van der Waals surface area contributed by atoms with Gasteiger partial charge in [-0.15, -0.1) is 0 Å². The van der Waals surface area contributed by atoms with E-state index in [2.05, 4.69) is 5.32 Å². The van der Waals surface area contributed by atoms with Crippen LogP contribution in [0.4, 0.5) is 0 Å². The molecule has 0 aromatic heterocycles. The van der Waals surface area contributed by atoms with Gasteiger partial charge in [0, 0.05) is 5.54 Å². The molecule has 25 heavy (non-hydrogen) atoms. The van der Waals surface area contributed by atoms with E-state index >= 15 is 0 Å². The van der Waals surface area contributed by atoms with Crippen molar-refractivity contribution in [2.75, 3.05) is 14.2 Å². The summed E-state index contributed by atoms with van der Waals surface area (Å²) in [6, 6.07) is 0. The highest BCUT2D eigenvalue weighted by Crippen LogP contribution is 2.39. The lowest BCUT2D eigenvalue weighted by atomic mass is 9.79. The number of esters is 3. The fourth-order valence-electron chi connectivity index (χ4n) is 2.84. The molecule has 0 bridgehead atoms. The minimum absolute atomic E-state index is 0.0876. The molecule has 1 N–H and O–H groups in total. The molecule has 0 aliphatic carbocycles. The summed E-state index contributed by atoms with van der Waals surface area (Å²) in [5.41, 5.74) is -0.550. The van der Waals surface area contributed by atoms with Crippen molar-refractivity contribution in [3.05, 3.63) is 23.3 Å². The summed E-state index contributed by atoms with van der Waals surface area (Å²) < 4.78 is 20.6. The van der Waals surface area contributed by atoms with E-state index in [1.807, 2.05) is 20.8 Å². The van der Waals surface area contributed by atoms with Crippen LogP contribution in [0.1, 0.15) is 27.7 Å². The quantitative estimate of drug-likeness (QED) is 0.593. The number of carbonyl (C=O) groups excluding carboxylic acids is 3. The van der Waals surface area contributed by atoms with E-state index in [1.165, 1.54) is 14.2 Å². The average Bonchev–Trinajstić information content (AvgIpc) is 2.50. The Balaban J connectivity index is 2.64. The zero-order valence-electron chi connectivity index (χ0n) is 15.2. The van der Waals surface area contributed by atoms with Crippen molar-refractivity contribution in [2.45, 2.75) is 39.3 Å². The van der Waals surface area contributed by atoms with Crippen molar-refractivity contribution >= 4 is 17.9 Å². The highest BCUT2D eigenvalue weighted by molar-refractivity contribution is 5.99. The van der Waals surface area contributed by atoms with Crippen LogP contribution >= 0.6 is 0 Å². The lowest BCUT2D eigenvalue weighted by Gasteiger charge is -2.39. The lowest BCUT2D eigenvalue weighted by Crippen LogP contribution is -2.51. The van der Waals surface area contributed by atoms with E-state index in [0.29, 0.717) is 5.76 Å². The van der Waals surface area contributed by atoms with E-state index in [1.54, 1.807) is 13.0 Å². The van der Waals surface area contributed by atoms with Crippen molar-refractivity contribution < 1.29 is 33.3 Å². The maximum absolute atomic E-state index is 12.4. The van der Waals surface area contributed by atoms with Crippen LogP contribution < -0.4 is 5.32 Å². The third-order valence-electron chi connectivity index (χ3n) is 3.80. The highest BCUT2D eigenvalue weighted by atomic mass is 16.6. The maximum atomic E-state index is 12.4. The van der Waals surface area contributed by atoms with E-state index < -0.39 is 41.4 Å². The van der Waals surface area contributed by atoms with Gasteiger partial charge in [-0.3, -0.25) is 9.59 Å². The summed E-state index contributed by atoms with van der Waals surface area (Å²) in [6.45, 7) is 7.22. The number of fused-ring (bicyclic) bond motifs is 1. The molecule has 8 nitrogen and oxygen atoms in total. The summed E-state index contributed by atoms with van der Waals surface area (Å²) in [6.07, 6.45) is 0.837. The molecule has 2 rings (SSSR count). The van der Waals surface area contributed by atoms with Crippen LogP contribution in [0.2, 0.25) is 0 Å². The first kappa shape index (κ1) is 18.8. The highest BCUT2D eigenvalue weighted by Gasteiger charge is 2.53. The molecule has 2 aliphatic rings. The number of cyclic esters (lactones) is 1. The topological polar surface area (TPSA) is 100 Å². The molecule has 0 aromatic carbocycles. The average molecular weight is 353 g/mol. The molecule has 0 saturated heterocycles. The largest absolute Gasteiger partial charge is 0.470 e. The molecule has 3 unspecified atom stereocenters. The van der Waals surface area contributed by atoms with Gasteiger partial charge in [-0.25, -0.2) is 4.79 Å². The SMILES string of the molecule is COC(=O)C1=C(NC(C)(C)C)OC2C=C(C)OC(=O)C2C1C(=O)OC. The predicted octanol–water partition coefficient (Wildman–Crippen LogP) is 1.02. The van der Waals surface area contributed by atoms with Crippen LogP contribution in [-0.4, -0.2) is 43.8 Å². The molecule has 3 atom stereocenters. The maximum Gasteiger partial charge on any atom is 0.340 e. The first-order valence-corrected chi connectivity index (χ1v) is 7.84. The lowest BCUT2D eigenvalue weighted by molar-refractivity contribution is -0.165. The fraction of sp³-hybridized carbons (Fsp3) is 0.588. The first-order valence-electron chi connectivity index (χ1n) is 7.84. The summed E-state index contributed by atoms with van der Waals surface area (Å²) in [5, 5.41) is 3.06. The van der Waals surface area contributed by atoms with Gasteiger partial charge >= 0.3 is 17.9 Å². The molecule has 0 fully saturated rings. The number of hydrogen-bond acceptors (Lipinski definition) is 8. The van der Waals surface area contributed by atoms with Gasteiger partial charge in [-0.1, -0.05) is 0 Å². The number of rotatable bonds is 3. The van der Waals surface area contributed by atoms with E-state index in [0.717, 1.165) is 0 Å². The van der Waals surface area contributed by atoms with Crippen molar-refractivity contribution in [1.82, 2.24) is 5.32 Å². The van der Waals surface area contributed by atoms with Crippen LogP contribution in [0, 0.1) is 11.8 Å². The molecule has 138 valence electrons. The minimum atomic E-state index is -1.20. The molecular formula is C17H23NO7. The van der Waals surface area contributed by atoms with Gasteiger partial charge in [0.25, 0.3) is 0 Å². The molecule has 2 aliphatic heterocycles. The number of hydrogen-bond donors (Lipinski definition) is 1. The van der Waals surface area contributed by atoms with Gasteiger partial charge < -0.3 is 24.3 Å². The summed E-state index contributed by atoms with van der Waals surface area (Å²) in [7, 11) is 2.38. The van der Waals surface area contributed by atoms with Crippen molar-refractivity contribution in [1.29, 1.82) is 0 Å². The Morgan fingerprint density at radius 1 is 1.20 bits per heavy atom. The summed E-state index contributed by atoms with van der Waals surface area (Å²) in [5.74, 6) is -3.94. The van der Waals surface area contributed by atoms with Gasteiger partial charge in [-0.05, 0) is 33.8 Å². The number of nitrogens with one attached hydrogen (secondary N) is 1. The van der Waals surface area contributed by atoms with E-state index in [-0.39, 0.29) is 11.5 Å². The van der Waals surface area contributed by atoms with Gasteiger partial charge in [0.15, 0.2) is 5.88 Å². The van der Waals surface area contributed by atoms with Gasteiger partial charge in [-0.2, -0.15) is 0 Å². The second-order valence-electron chi connectivity index (χ2n) is 6.92. The first-order chi connectivity index (χ1) is 11.6. The Labute approximate surface area is 146 Å². The Morgan fingerprint density at radius 3 is 2.36 bits per heavy atom. The van der Waals surface area contributed by atoms with Gasteiger partial charge in [0.2, 0.25) is 0 Å². The minimum Gasteiger partial charge on any atom is -0.470 e. The predicted molar refractivity (Wildman–Crippen MR) is 85.6 cm³/mol. The molecule has 2 heterocycles. The second kappa shape index (κ2) is 6.78. The van der Waals surface area contributed by atoms with Crippen LogP contribution in [0.5, 0.6) is 0 Å². The number of ether oxygens (including phenoxy) is 4. The van der Waals surface area contributed by atoms with Crippen molar-refractivity contribution in [2.24, 2.45) is 11.8 Å². The molecule has 8 heteroatoms. The van der Waals surface area contributed by atoms with Crippen LogP contribution in [0.25, 0.3) is 0 Å². The van der Waals surface area contributed by atoms with Crippen LogP contribution in [-0.2, 0) is 33.3 Å². The van der Waals surface area contributed by atoms with E-state index in [9.17, 15) is 14.4 Å². The van der Waals surface area contributed by atoms with Gasteiger partial charge in [0.05, 0.1) is 14.2 Å². The van der Waals surface area contributed by atoms with Crippen LogP contribution in [0.3, 0.4) is 0 Å². The Kier molecular flexibility index (Phi) is 5.10. The van der Waals surface area contributed by atoms with Crippen molar-refractivity contribution in [3.63, 3.8) is 0 Å². The molecular weight excluding hydrogens is 330 g/mol. The van der Waals surface area contributed by atoms with E-state index in [4.69, 9.17) is 18.9 Å². The Morgan fingerprint density at radius 2 is 1.84 bits per heavy atom. The third-order valence-corrected chi connectivity index (χ3v) is 3.80. The Hall–Kier alpha value is -2.51. The molecule has 0 amide bonds. The summed E-state index contributed by atoms with van der Waals surface area (Å²) in [4.78, 5) is 37.2. The fourth-order valence-corrected chi connectivity index (χ4v) is 2.84. The van der Waals surface area contributed by atoms with Crippen LogP contribution in [0.15, 0.2) is 23.3 Å². The monoisotopic (exact) mass is 353 g/mol. The molecule has 0 aromatic rings. The number of allylic oxidation sites excluding steroid dienone is 1. The summed E-state index contributed by atoms with van der Waals surface area (Å²) >= 11 is 0. The number of methoxy groups -OCH3 is 2. The number of carbonyl (C=O) groups is 3. The smallest absolute Gasteiger partial charge is 0.340 e. The molecule has 0 radical (unpaired) electrons. The zero-order valence-corrected chi connectivity index (χ0v) is 15.2. The zero-order chi connectivity index (χ0) is 18.9. The molecule has 0 saturated carbocycles. The van der Waals surface area contributed by atoms with Crippen molar-refractivity contribution in [3.8, 4) is 0 Å². The standard InChI is InChI=1S/C17H23NO7/c1-8-7-9-10(16(21)24-8)11(14(19)22-5)12(15(20)23-6)13(25-9)18-17(2,3)4/h7,9-11,18H,1-6H3.